The summed E-state index contributed by atoms with van der Waals surface area (Å²) in [6.45, 7) is 0. The standard InChI is InChI=1S/C12H14F12O3S.C2H7N/c13-2(1-28(25,26)27)3(14)4(15)5(16)6(17)7(18)8(19)9(20)10(21)11(22)12(23)24;1-3-2/h2-12H,1H2,(H,25,26,27);3H,1-2H3. The Morgan fingerprint density at radius 3 is 1.03 bits per heavy atom. The Balaban J connectivity index is 0. The Morgan fingerprint density at radius 1 is 0.581 bits per heavy atom. The van der Waals surface area contributed by atoms with Crippen LogP contribution in [-0.4, -0.2) is 101 Å². The summed E-state index contributed by atoms with van der Waals surface area (Å²) in [5, 5.41) is 2.75. The molecule has 10 atom stereocenters. The van der Waals surface area contributed by atoms with Crippen molar-refractivity contribution in [2.75, 3.05) is 19.8 Å². The zero-order valence-electron chi connectivity index (χ0n) is 15.8. The normalized spacial score (nSPS) is 22.2. The number of halogens is 12. The maximum Gasteiger partial charge on any atom is 0.272 e. The minimum absolute atomic E-state index is 1.88. The van der Waals surface area contributed by atoms with Gasteiger partial charge in [0.25, 0.3) is 16.5 Å². The van der Waals surface area contributed by atoms with Crippen molar-refractivity contribution in [3.05, 3.63) is 0 Å². The third-order valence-electron chi connectivity index (χ3n) is 3.39. The van der Waals surface area contributed by atoms with Crippen LogP contribution in [0, 0.1) is 0 Å². The lowest BCUT2D eigenvalue weighted by atomic mass is 9.96. The molecule has 0 aliphatic rings. The Kier molecular flexibility index (Phi) is 14.8. The van der Waals surface area contributed by atoms with E-state index in [2.05, 4.69) is 5.32 Å². The van der Waals surface area contributed by atoms with E-state index >= 15 is 0 Å². The van der Waals surface area contributed by atoms with Crippen LogP contribution >= 0.6 is 0 Å². The Labute approximate surface area is 170 Å². The van der Waals surface area contributed by atoms with E-state index in [0.717, 1.165) is 0 Å². The predicted molar refractivity (Wildman–Crippen MR) is 86.4 cm³/mol. The van der Waals surface area contributed by atoms with Crippen molar-refractivity contribution in [2.24, 2.45) is 0 Å². The molecule has 0 aliphatic heterocycles. The Hall–Kier alpha value is -0.970. The van der Waals surface area contributed by atoms with Gasteiger partial charge in [-0.05, 0) is 14.1 Å². The van der Waals surface area contributed by atoms with Gasteiger partial charge in [0.2, 0.25) is 0 Å². The van der Waals surface area contributed by atoms with Crippen LogP contribution < -0.4 is 5.32 Å². The van der Waals surface area contributed by atoms with Crippen LogP contribution in [0.4, 0.5) is 52.7 Å². The minimum Gasteiger partial charge on any atom is -0.323 e. The molecular weight excluding hydrogens is 490 g/mol. The second kappa shape index (κ2) is 14.2. The fraction of sp³-hybridized carbons (Fsp3) is 1.00. The first-order chi connectivity index (χ1) is 13.9. The lowest BCUT2D eigenvalue weighted by Gasteiger charge is -2.27. The third-order valence-corrected chi connectivity index (χ3v) is 4.13. The van der Waals surface area contributed by atoms with Crippen LogP contribution in [0.3, 0.4) is 0 Å². The molecule has 10 unspecified atom stereocenters. The van der Waals surface area contributed by atoms with Gasteiger partial charge in [-0.2, -0.15) is 8.42 Å². The van der Waals surface area contributed by atoms with Gasteiger partial charge in [0.1, 0.15) is 5.75 Å². The summed E-state index contributed by atoms with van der Waals surface area (Å²) < 4.78 is 184. The molecule has 17 heteroatoms. The fourth-order valence-electron chi connectivity index (χ4n) is 1.86. The first-order valence-corrected chi connectivity index (χ1v) is 9.77. The first-order valence-electron chi connectivity index (χ1n) is 8.16. The van der Waals surface area contributed by atoms with Crippen LogP contribution in [0.1, 0.15) is 0 Å². The number of hydrogen-bond acceptors (Lipinski definition) is 3. The summed E-state index contributed by atoms with van der Waals surface area (Å²) >= 11 is 0. The molecule has 190 valence electrons. The molecule has 0 radical (unpaired) electrons. The van der Waals surface area contributed by atoms with Gasteiger partial charge < -0.3 is 5.32 Å². The lowest BCUT2D eigenvalue weighted by Crippen LogP contribution is -2.50. The van der Waals surface area contributed by atoms with E-state index < -0.39 is 84.0 Å². The molecule has 0 rings (SSSR count). The molecule has 2 N–H and O–H groups in total. The van der Waals surface area contributed by atoms with E-state index in [-0.39, 0.29) is 0 Å². The van der Waals surface area contributed by atoms with Gasteiger partial charge in [-0.15, -0.1) is 0 Å². The van der Waals surface area contributed by atoms with Crippen LogP contribution in [0.5, 0.6) is 0 Å². The van der Waals surface area contributed by atoms with Crippen LogP contribution in [0.25, 0.3) is 0 Å². The van der Waals surface area contributed by atoms with E-state index in [0.29, 0.717) is 0 Å². The molecule has 0 aromatic carbocycles. The summed E-state index contributed by atoms with van der Waals surface area (Å²) in [6, 6.07) is 0. The van der Waals surface area contributed by atoms with Crippen molar-refractivity contribution >= 4 is 10.1 Å². The quantitative estimate of drug-likeness (QED) is 0.312. The van der Waals surface area contributed by atoms with Crippen molar-refractivity contribution < 1.29 is 65.7 Å². The molecular formula is C14H21F12NO3S. The molecule has 4 nitrogen and oxygen atoms in total. The summed E-state index contributed by atoms with van der Waals surface area (Å²) in [6.07, 6.45) is -44.1. The van der Waals surface area contributed by atoms with Gasteiger partial charge in [-0.1, -0.05) is 0 Å². The predicted octanol–water partition coefficient (Wildman–Crippen LogP) is 3.36. The Morgan fingerprint density at radius 2 is 0.806 bits per heavy atom. The number of nitrogens with one attached hydrogen (secondary N) is 1. The van der Waals surface area contributed by atoms with E-state index in [4.69, 9.17) is 4.55 Å². The monoisotopic (exact) mass is 511 g/mol. The van der Waals surface area contributed by atoms with Crippen LogP contribution in [-0.2, 0) is 10.1 Å². The Bertz CT molecular complexity index is 589. The van der Waals surface area contributed by atoms with Crippen molar-refractivity contribution in [1.29, 1.82) is 0 Å². The average molecular weight is 511 g/mol. The van der Waals surface area contributed by atoms with Crippen LogP contribution in [0.15, 0.2) is 0 Å². The molecule has 0 bridgehead atoms. The van der Waals surface area contributed by atoms with Crippen molar-refractivity contribution in [2.45, 2.75) is 68.1 Å². The zero-order valence-corrected chi connectivity index (χ0v) is 16.6. The van der Waals surface area contributed by atoms with Crippen molar-refractivity contribution in [1.82, 2.24) is 5.32 Å². The summed E-state index contributed by atoms with van der Waals surface area (Å²) in [7, 11) is -1.48. The average Bonchev–Trinajstić information content (AvgIpc) is 2.67. The maximum atomic E-state index is 13.4. The van der Waals surface area contributed by atoms with Gasteiger partial charge in [-0.3, -0.25) is 4.55 Å². The second-order valence-corrected chi connectivity index (χ2v) is 7.60. The van der Waals surface area contributed by atoms with E-state index in [9.17, 15) is 61.1 Å². The molecule has 31 heavy (non-hydrogen) atoms. The highest BCUT2D eigenvalue weighted by Crippen LogP contribution is 2.30. The molecule has 0 aromatic heterocycles. The smallest absolute Gasteiger partial charge is 0.272 e. The fourth-order valence-corrected chi connectivity index (χ4v) is 2.45. The highest BCUT2D eigenvalue weighted by molar-refractivity contribution is 7.85. The van der Waals surface area contributed by atoms with Gasteiger partial charge in [0.15, 0.2) is 61.7 Å². The summed E-state index contributed by atoms with van der Waals surface area (Å²) in [5.41, 5.74) is 0. The highest BCUT2D eigenvalue weighted by Gasteiger charge is 2.50. The van der Waals surface area contributed by atoms with E-state index in [1.807, 2.05) is 14.1 Å². The minimum atomic E-state index is -5.23. The number of rotatable bonds is 12. The molecule has 0 saturated heterocycles. The number of hydrogen-bond donors (Lipinski definition) is 2. The third kappa shape index (κ3) is 10.9. The topological polar surface area (TPSA) is 66.4 Å². The second-order valence-electron chi connectivity index (χ2n) is 6.10. The zero-order chi connectivity index (χ0) is 25.3. The molecule has 0 heterocycles. The van der Waals surface area contributed by atoms with E-state index in [1.54, 1.807) is 0 Å². The van der Waals surface area contributed by atoms with Gasteiger partial charge >= 0.3 is 0 Å². The maximum absolute atomic E-state index is 13.4. The molecule has 0 saturated carbocycles. The SMILES string of the molecule is CNC.O=S(=O)(O)CC(F)C(F)C(F)C(F)C(F)C(F)C(F)C(F)C(F)C(F)C(F)F. The largest absolute Gasteiger partial charge is 0.323 e. The summed E-state index contributed by atoms with van der Waals surface area (Å²) in [4.78, 5) is 0. The molecule has 0 amide bonds. The highest BCUT2D eigenvalue weighted by atomic mass is 32.2. The molecule has 0 fully saturated rings. The van der Waals surface area contributed by atoms with Gasteiger partial charge in [-0.25, -0.2) is 52.7 Å². The van der Waals surface area contributed by atoms with Crippen LogP contribution in [0.2, 0.25) is 0 Å². The van der Waals surface area contributed by atoms with Crippen molar-refractivity contribution in [3.63, 3.8) is 0 Å². The molecule has 0 aromatic rings. The van der Waals surface area contributed by atoms with E-state index in [1.165, 1.54) is 0 Å². The van der Waals surface area contributed by atoms with Gasteiger partial charge in [0.05, 0.1) is 0 Å². The number of alkyl halides is 12. The van der Waals surface area contributed by atoms with Gasteiger partial charge in [0, 0.05) is 0 Å². The van der Waals surface area contributed by atoms with Crippen molar-refractivity contribution in [3.8, 4) is 0 Å². The molecule has 0 aliphatic carbocycles. The molecule has 0 spiro atoms. The summed E-state index contributed by atoms with van der Waals surface area (Å²) in [5.74, 6) is -2.11. The first kappa shape index (κ1) is 32.2. The lowest BCUT2D eigenvalue weighted by molar-refractivity contribution is -0.0758.